The fraction of sp³-hybridized carbons (Fsp3) is 0.250. The lowest BCUT2D eigenvalue weighted by Crippen LogP contribution is -2.32. The number of nitrogens with zero attached hydrogens (tertiary/aromatic N) is 2. The standard InChI is InChI=1S/C16H13F3N2O2S/c17-16(18,19)12-5-3-11(4-6-12)10-24-15-20-7-8-21(15)14(22)13-2-1-9-23-13/h1-6,9H,7-8,10H2. The molecular formula is C16H13F3N2O2S. The van der Waals surface area contributed by atoms with Gasteiger partial charge in [0.05, 0.1) is 18.4 Å². The van der Waals surface area contributed by atoms with Crippen LogP contribution in [-0.2, 0) is 11.9 Å². The summed E-state index contributed by atoms with van der Waals surface area (Å²) < 4.78 is 42.7. The third kappa shape index (κ3) is 3.64. The van der Waals surface area contributed by atoms with Gasteiger partial charge in [-0.3, -0.25) is 14.7 Å². The van der Waals surface area contributed by atoms with Gasteiger partial charge in [0, 0.05) is 12.3 Å². The number of rotatable bonds is 3. The smallest absolute Gasteiger partial charge is 0.416 e. The van der Waals surface area contributed by atoms with Crippen molar-refractivity contribution in [3.05, 3.63) is 59.5 Å². The van der Waals surface area contributed by atoms with E-state index < -0.39 is 11.7 Å². The predicted molar refractivity (Wildman–Crippen MR) is 84.8 cm³/mol. The summed E-state index contributed by atoms with van der Waals surface area (Å²) in [5, 5.41) is 0.552. The quantitative estimate of drug-likeness (QED) is 0.836. The maximum absolute atomic E-state index is 12.5. The Morgan fingerprint density at radius 1 is 1.25 bits per heavy atom. The van der Waals surface area contributed by atoms with Gasteiger partial charge >= 0.3 is 6.18 Å². The van der Waals surface area contributed by atoms with E-state index in [1.165, 1.54) is 35.1 Å². The van der Waals surface area contributed by atoms with Gasteiger partial charge in [0.1, 0.15) is 0 Å². The van der Waals surface area contributed by atoms with Crippen molar-refractivity contribution in [2.45, 2.75) is 11.9 Å². The molecule has 1 aliphatic heterocycles. The van der Waals surface area contributed by atoms with Crippen LogP contribution in [0.5, 0.6) is 0 Å². The highest BCUT2D eigenvalue weighted by Gasteiger charge is 2.30. The molecule has 0 bridgehead atoms. The molecule has 0 spiro atoms. The van der Waals surface area contributed by atoms with Gasteiger partial charge in [0.15, 0.2) is 10.9 Å². The summed E-state index contributed by atoms with van der Waals surface area (Å²) in [5.41, 5.74) is 0.0529. The first-order valence-electron chi connectivity index (χ1n) is 7.14. The number of amides is 1. The van der Waals surface area contributed by atoms with Crippen molar-refractivity contribution >= 4 is 22.8 Å². The summed E-state index contributed by atoms with van der Waals surface area (Å²) in [6.45, 7) is 0.969. The summed E-state index contributed by atoms with van der Waals surface area (Å²) in [7, 11) is 0. The van der Waals surface area contributed by atoms with Crippen molar-refractivity contribution in [1.29, 1.82) is 0 Å². The Hall–Kier alpha value is -2.22. The van der Waals surface area contributed by atoms with Crippen molar-refractivity contribution in [2.24, 2.45) is 4.99 Å². The largest absolute Gasteiger partial charge is 0.459 e. The van der Waals surface area contributed by atoms with Gasteiger partial charge in [-0.15, -0.1) is 0 Å². The molecule has 0 saturated heterocycles. The monoisotopic (exact) mass is 354 g/mol. The Morgan fingerprint density at radius 3 is 2.62 bits per heavy atom. The van der Waals surface area contributed by atoms with Gasteiger partial charge < -0.3 is 4.42 Å². The van der Waals surface area contributed by atoms with E-state index in [1.807, 2.05) is 0 Å². The van der Waals surface area contributed by atoms with Crippen LogP contribution in [0, 0.1) is 0 Å². The second kappa shape index (κ2) is 6.72. The first kappa shape index (κ1) is 16.6. The molecule has 1 aromatic carbocycles. The molecule has 0 N–H and O–H groups in total. The molecule has 0 aliphatic carbocycles. The molecule has 1 aromatic heterocycles. The maximum atomic E-state index is 12.5. The van der Waals surface area contributed by atoms with Crippen molar-refractivity contribution < 1.29 is 22.4 Å². The number of benzene rings is 1. The number of thioether (sulfide) groups is 1. The second-order valence-electron chi connectivity index (χ2n) is 5.08. The third-order valence-corrected chi connectivity index (χ3v) is 4.51. The highest BCUT2D eigenvalue weighted by molar-refractivity contribution is 8.13. The molecule has 0 radical (unpaired) electrons. The number of halogens is 3. The maximum Gasteiger partial charge on any atom is 0.416 e. The van der Waals surface area contributed by atoms with Crippen LogP contribution >= 0.6 is 11.8 Å². The molecule has 1 amide bonds. The molecule has 0 fully saturated rings. The molecule has 2 heterocycles. The zero-order valence-corrected chi connectivity index (χ0v) is 13.2. The molecule has 0 saturated carbocycles. The lowest BCUT2D eigenvalue weighted by atomic mass is 10.1. The van der Waals surface area contributed by atoms with Gasteiger partial charge in [-0.05, 0) is 29.8 Å². The molecular weight excluding hydrogens is 341 g/mol. The molecule has 0 atom stereocenters. The highest BCUT2D eigenvalue weighted by atomic mass is 32.2. The average molecular weight is 354 g/mol. The molecule has 126 valence electrons. The van der Waals surface area contributed by atoms with Crippen molar-refractivity contribution in [3.63, 3.8) is 0 Å². The summed E-state index contributed by atoms with van der Waals surface area (Å²) in [5.74, 6) is 0.398. The van der Waals surface area contributed by atoms with E-state index in [2.05, 4.69) is 4.99 Å². The Kier molecular flexibility index (Phi) is 4.66. The Labute approximate surface area is 140 Å². The number of carbonyl (C=O) groups excluding carboxylic acids is 1. The first-order valence-corrected chi connectivity index (χ1v) is 8.12. The molecule has 2 aromatic rings. The van der Waals surface area contributed by atoms with Crippen molar-refractivity contribution in [2.75, 3.05) is 13.1 Å². The van der Waals surface area contributed by atoms with Crippen LogP contribution in [0.25, 0.3) is 0 Å². The van der Waals surface area contributed by atoms with Crippen molar-refractivity contribution in [1.82, 2.24) is 4.90 Å². The lowest BCUT2D eigenvalue weighted by molar-refractivity contribution is -0.137. The first-order chi connectivity index (χ1) is 11.4. The molecule has 24 heavy (non-hydrogen) atoms. The van der Waals surface area contributed by atoms with Crippen molar-refractivity contribution in [3.8, 4) is 0 Å². The number of amidine groups is 1. The second-order valence-corrected chi connectivity index (χ2v) is 6.02. The number of furan rings is 1. The summed E-state index contributed by atoms with van der Waals surface area (Å²) >= 11 is 1.32. The molecule has 8 heteroatoms. The van der Waals surface area contributed by atoms with Gasteiger partial charge in [0.2, 0.25) is 0 Å². The molecule has 0 unspecified atom stereocenters. The van der Waals surface area contributed by atoms with Gasteiger partial charge in [-0.2, -0.15) is 13.2 Å². The zero-order chi connectivity index (χ0) is 17.2. The van der Waals surface area contributed by atoms with Crippen LogP contribution in [0.1, 0.15) is 21.7 Å². The minimum Gasteiger partial charge on any atom is -0.459 e. The van der Waals surface area contributed by atoms with Crippen LogP contribution in [0.2, 0.25) is 0 Å². The number of hydrogen-bond donors (Lipinski definition) is 0. The fourth-order valence-corrected chi connectivity index (χ4v) is 3.21. The molecule has 3 rings (SSSR count). The van der Waals surface area contributed by atoms with E-state index in [0.717, 1.165) is 17.7 Å². The van der Waals surface area contributed by atoms with Gasteiger partial charge in [0.25, 0.3) is 5.91 Å². The number of carbonyl (C=O) groups is 1. The third-order valence-electron chi connectivity index (χ3n) is 3.43. The normalized spacial score (nSPS) is 14.8. The predicted octanol–water partition coefficient (Wildman–Crippen LogP) is 4.04. The number of alkyl halides is 3. The summed E-state index contributed by atoms with van der Waals surface area (Å²) in [4.78, 5) is 18.1. The van der Waals surface area contributed by atoms with Gasteiger partial charge in [-0.25, -0.2) is 0 Å². The summed E-state index contributed by atoms with van der Waals surface area (Å²) in [6.07, 6.45) is -2.91. The fourth-order valence-electron chi connectivity index (χ4n) is 2.21. The van der Waals surface area contributed by atoms with Crippen LogP contribution < -0.4 is 0 Å². The Balaban J connectivity index is 1.62. The van der Waals surface area contributed by atoms with Crippen LogP contribution in [0.4, 0.5) is 13.2 Å². The van der Waals surface area contributed by atoms with E-state index in [4.69, 9.17) is 4.42 Å². The van der Waals surface area contributed by atoms with E-state index >= 15 is 0 Å². The Morgan fingerprint density at radius 2 is 2.00 bits per heavy atom. The Bertz CT molecular complexity index is 740. The molecule has 4 nitrogen and oxygen atoms in total. The van der Waals surface area contributed by atoms with E-state index in [-0.39, 0.29) is 11.7 Å². The molecule has 1 aliphatic rings. The average Bonchev–Trinajstić information content (AvgIpc) is 3.23. The van der Waals surface area contributed by atoms with Gasteiger partial charge in [-0.1, -0.05) is 23.9 Å². The van der Waals surface area contributed by atoms with Crippen LogP contribution in [0.15, 0.2) is 52.1 Å². The summed E-state index contributed by atoms with van der Waals surface area (Å²) in [6, 6.07) is 8.19. The SMILES string of the molecule is O=C(c1ccco1)N1CCN=C1SCc1ccc(C(F)(F)F)cc1. The van der Waals surface area contributed by atoms with E-state index in [1.54, 1.807) is 12.1 Å². The van der Waals surface area contributed by atoms with E-state index in [9.17, 15) is 18.0 Å². The highest BCUT2D eigenvalue weighted by Crippen LogP contribution is 2.30. The number of aliphatic imine (C=N–C) groups is 1. The topological polar surface area (TPSA) is 45.8 Å². The minimum atomic E-state index is -4.34. The van der Waals surface area contributed by atoms with Crippen LogP contribution in [-0.4, -0.2) is 29.1 Å². The zero-order valence-electron chi connectivity index (χ0n) is 12.4. The number of hydrogen-bond acceptors (Lipinski definition) is 4. The minimum absolute atomic E-state index is 0.236. The van der Waals surface area contributed by atoms with E-state index in [0.29, 0.717) is 24.0 Å². The lowest BCUT2D eigenvalue weighted by Gasteiger charge is -2.16. The van der Waals surface area contributed by atoms with Crippen LogP contribution in [0.3, 0.4) is 0 Å².